The normalized spacial score (nSPS) is 11.1. The molecule has 0 amide bonds. The van der Waals surface area contributed by atoms with Crippen LogP contribution in [0, 0.1) is 12.8 Å². The number of hydrogen-bond donors (Lipinski definition) is 0. The van der Waals surface area contributed by atoms with Crippen molar-refractivity contribution in [1.29, 1.82) is 0 Å². The molecule has 0 radical (unpaired) electrons. The fourth-order valence-electron chi connectivity index (χ4n) is 1.94. The summed E-state index contributed by atoms with van der Waals surface area (Å²) in [6.07, 6.45) is 6.05. The molecular weight excluding hydrogens is 254 g/mol. The minimum atomic E-state index is -0.367. The van der Waals surface area contributed by atoms with Gasteiger partial charge in [-0.2, -0.15) is 0 Å². The van der Waals surface area contributed by atoms with Gasteiger partial charge in [-0.15, -0.1) is 5.10 Å². The van der Waals surface area contributed by atoms with Crippen LogP contribution in [0.4, 0.5) is 0 Å². The minimum Gasteiger partial charge on any atom is -0.461 e. The van der Waals surface area contributed by atoms with Crippen molar-refractivity contribution >= 4 is 5.97 Å². The number of rotatable bonds is 9. The van der Waals surface area contributed by atoms with Gasteiger partial charge in [-0.1, -0.05) is 51.7 Å². The lowest BCUT2D eigenvalue weighted by atomic mass is 10.1. The van der Waals surface area contributed by atoms with Gasteiger partial charge in [0.15, 0.2) is 5.69 Å². The Morgan fingerprint density at radius 2 is 1.95 bits per heavy atom. The maximum absolute atomic E-state index is 11.9. The smallest absolute Gasteiger partial charge is 0.360 e. The maximum Gasteiger partial charge on any atom is 0.360 e. The number of carbonyl (C=O) groups excluding carboxylic acids is 1. The molecule has 114 valence electrons. The first kappa shape index (κ1) is 16.7. The number of esters is 1. The van der Waals surface area contributed by atoms with E-state index in [-0.39, 0.29) is 5.97 Å². The number of aryl methyl sites for hydroxylation is 1. The molecule has 0 spiro atoms. The van der Waals surface area contributed by atoms with Crippen LogP contribution in [-0.2, 0) is 11.3 Å². The van der Waals surface area contributed by atoms with Crippen molar-refractivity contribution in [1.82, 2.24) is 15.0 Å². The third-order valence-electron chi connectivity index (χ3n) is 3.20. The molecule has 0 atom stereocenters. The van der Waals surface area contributed by atoms with E-state index in [2.05, 4.69) is 17.2 Å². The first-order valence-corrected chi connectivity index (χ1v) is 7.63. The zero-order valence-electron chi connectivity index (χ0n) is 13.2. The molecule has 0 saturated heterocycles. The molecule has 0 aromatic carbocycles. The monoisotopic (exact) mass is 281 g/mol. The van der Waals surface area contributed by atoms with Crippen molar-refractivity contribution in [3.63, 3.8) is 0 Å². The molecule has 1 aromatic rings. The van der Waals surface area contributed by atoms with E-state index >= 15 is 0 Å². The van der Waals surface area contributed by atoms with Gasteiger partial charge >= 0.3 is 5.97 Å². The Balaban J connectivity index is 2.45. The molecule has 5 nitrogen and oxygen atoms in total. The summed E-state index contributed by atoms with van der Waals surface area (Å²) in [5.41, 5.74) is 1.15. The fraction of sp³-hybridized carbons (Fsp3) is 0.800. The van der Waals surface area contributed by atoms with E-state index in [4.69, 9.17) is 4.74 Å². The van der Waals surface area contributed by atoms with Crippen LogP contribution in [0.2, 0.25) is 0 Å². The van der Waals surface area contributed by atoms with Crippen molar-refractivity contribution in [2.24, 2.45) is 5.92 Å². The summed E-state index contributed by atoms with van der Waals surface area (Å²) < 4.78 is 6.99. The molecule has 0 aliphatic carbocycles. The van der Waals surface area contributed by atoms with Crippen LogP contribution in [0.3, 0.4) is 0 Å². The Hall–Kier alpha value is -1.39. The standard InChI is InChI=1S/C15H27N3O2/c1-5-6-7-8-9-10-18-13(4)14(16-17-18)15(19)20-11-12(2)3/h12H,5-11H2,1-4H3. The molecule has 0 aliphatic rings. The third-order valence-corrected chi connectivity index (χ3v) is 3.20. The first-order valence-electron chi connectivity index (χ1n) is 7.63. The number of aromatic nitrogens is 3. The molecule has 0 bridgehead atoms. The van der Waals surface area contributed by atoms with E-state index in [1.807, 2.05) is 20.8 Å². The Morgan fingerprint density at radius 3 is 2.60 bits per heavy atom. The van der Waals surface area contributed by atoms with Crippen LogP contribution in [0.15, 0.2) is 0 Å². The van der Waals surface area contributed by atoms with Crippen LogP contribution in [-0.4, -0.2) is 27.6 Å². The molecule has 1 heterocycles. The lowest BCUT2D eigenvalue weighted by Gasteiger charge is -2.06. The summed E-state index contributed by atoms with van der Waals surface area (Å²) in [6, 6.07) is 0. The molecule has 1 aromatic heterocycles. The summed E-state index contributed by atoms with van der Waals surface area (Å²) in [6.45, 7) is 9.33. The summed E-state index contributed by atoms with van der Waals surface area (Å²) in [5, 5.41) is 7.99. The zero-order valence-corrected chi connectivity index (χ0v) is 13.2. The van der Waals surface area contributed by atoms with Gasteiger partial charge in [0.25, 0.3) is 0 Å². The predicted molar refractivity (Wildman–Crippen MR) is 78.6 cm³/mol. The van der Waals surface area contributed by atoms with Gasteiger partial charge in [-0.05, 0) is 19.3 Å². The Bertz CT molecular complexity index is 413. The number of ether oxygens (including phenoxy) is 1. The van der Waals surface area contributed by atoms with Gasteiger partial charge in [-0.3, -0.25) is 0 Å². The molecule has 0 saturated carbocycles. The SMILES string of the molecule is CCCCCCCn1nnc(C(=O)OCC(C)C)c1C. The Labute approximate surface area is 121 Å². The maximum atomic E-state index is 11.9. The molecule has 0 unspecified atom stereocenters. The summed E-state index contributed by atoms with van der Waals surface area (Å²) in [7, 11) is 0. The number of nitrogens with zero attached hydrogens (tertiary/aromatic N) is 3. The topological polar surface area (TPSA) is 57.0 Å². The van der Waals surface area contributed by atoms with Crippen molar-refractivity contribution < 1.29 is 9.53 Å². The average Bonchev–Trinajstić information content (AvgIpc) is 2.77. The molecule has 20 heavy (non-hydrogen) atoms. The third kappa shape index (κ3) is 5.31. The number of unbranched alkanes of at least 4 members (excludes halogenated alkanes) is 4. The van der Waals surface area contributed by atoms with Gasteiger partial charge in [0.1, 0.15) is 0 Å². The summed E-state index contributed by atoms with van der Waals surface area (Å²) >= 11 is 0. The van der Waals surface area contributed by atoms with E-state index < -0.39 is 0 Å². The lowest BCUT2D eigenvalue weighted by molar-refractivity contribution is 0.0451. The quantitative estimate of drug-likeness (QED) is 0.514. The van der Waals surface area contributed by atoms with Crippen molar-refractivity contribution in [2.45, 2.75) is 66.3 Å². The predicted octanol–water partition coefficient (Wildman–Crippen LogP) is 3.37. The Morgan fingerprint density at radius 1 is 1.25 bits per heavy atom. The highest BCUT2D eigenvalue weighted by Gasteiger charge is 2.17. The van der Waals surface area contributed by atoms with Gasteiger partial charge in [-0.25, -0.2) is 9.48 Å². The first-order chi connectivity index (χ1) is 9.56. The number of hydrogen-bond acceptors (Lipinski definition) is 4. The highest BCUT2D eigenvalue weighted by Crippen LogP contribution is 2.09. The van der Waals surface area contributed by atoms with E-state index in [0.29, 0.717) is 18.2 Å². The van der Waals surface area contributed by atoms with Crippen molar-refractivity contribution in [3.8, 4) is 0 Å². The average molecular weight is 281 g/mol. The largest absolute Gasteiger partial charge is 0.461 e. The molecule has 1 rings (SSSR count). The van der Waals surface area contributed by atoms with Crippen LogP contribution in [0.5, 0.6) is 0 Å². The summed E-state index contributed by atoms with van der Waals surface area (Å²) in [5.74, 6) is -0.0405. The fourth-order valence-corrected chi connectivity index (χ4v) is 1.94. The molecular formula is C15H27N3O2. The zero-order chi connectivity index (χ0) is 15.0. The second-order valence-corrected chi connectivity index (χ2v) is 5.65. The second kappa shape index (κ2) is 8.72. The van der Waals surface area contributed by atoms with Crippen LogP contribution >= 0.6 is 0 Å². The van der Waals surface area contributed by atoms with E-state index in [1.54, 1.807) is 4.68 Å². The lowest BCUT2D eigenvalue weighted by Crippen LogP contribution is -2.12. The van der Waals surface area contributed by atoms with Crippen LogP contribution in [0.1, 0.15) is 69.1 Å². The summed E-state index contributed by atoms with van der Waals surface area (Å²) in [4.78, 5) is 11.9. The minimum absolute atomic E-state index is 0.327. The highest BCUT2D eigenvalue weighted by atomic mass is 16.5. The van der Waals surface area contributed by atoms with Crippen molar-refractivity contribution in [2.75, 3.05) is 6.61 Å². The van der Waals surface area contributed by atoms with Gasteiger partial charge in [0.2, 0.25) is 0 Å². The number of carbonyl (C=O) groups is 1. The van der Waals surface area contributed by atoms with Crippen LogP contribution in [0.25, 0.3) is 0 Å². The van der Waals surface area contributed by atoms with Gasteiger partial charge in [0.05, 0.1) is 12.3 Å². The van der Waals surface area contributed by atoms with Gasteiger partial charge in [0, 0.05) is 6.54 Å². The highest BCUT2D eigenvalue weighted by molar-refractivity contribution is 5.88. The van der Waals surface area contributed by atoms with E-state index in [9.17, 15) is 4.79 Å². The van der Waals surface area contributed by atoms with Crippen molar-refractivity contribution in [3.05, 3.63) is 11.4 Å². The van der Waals surface area contributed by atoms with E-state index in [0.717, 1.165) is 18.7 Å². The van der Waals surface area contributed by atoms with E-state index in [1.165, 1.54) is 25.7 Å². The van der Waals surface area contributed by atoms with Gasteiger partial charge < -0.3 is 4.74 Å². The molecule has 0 aliphatic heterocycles. The molecule has 5 heteroatoms. The second-order valence-electron chi connectivity index (χ2n) is 5.65. The Kier molecular flexibility index (Phi) is 7.26. The van der Waals surface area contributed by atoms with Crippen LogP contribution < -0.4 is 0 Å². The molecule has 0 fully saturated rings. The molecule has 0 N–H and O–H groups in total.